The maximum Gasteiger partial charge on any atom is 0.191 e. The summed E-state index contributed by atoms with van der Waals surface area (Å²) >= 11 is 0. The molecule has 1 aromatic rings. The summed E-state index contributed by atoms with van der Waals surface area (Å²) in [4.78, 5) is 4.32. The van der Waals surface area contributed by atoms with Crippen molar-refractivity contribution in [3.05, 3.63) is 35.4 Å². The van der Waals surface area contributed by atoms with E-state index in [0.717, 1.165) is 24.0 Å². The van der Waals surface area contributed by atoms with Crippen LogP contribution in [0.4, 0.5) is 0 Å². The van der Waals surface area contributed by atoms with Crippen LogP contribution < -0.4 is 10.6 Å². The monoisotopic (exact) mass is 298 g/mol. The standard InChI is InChI=1S/C18H26N4/c1-3-14-5-4-6-17(11-14)22-18(20-2)21-13-16-9-7-15(12-19)8-10-16/h7-10,14,17H,3-6,11,13H2,1-2H3,(H2,20,21,22). The van der Waals surface area contributed by atoms with Gasteiger partial charge in [0.15, 0.2) is 5.96 Å². The highest BCUT2D eigenvalue weighted by Crippen LogP contribution is 2.26. The largest absolute Gasteiger partial charge is 0.354 e. The zero-order valence-electron chi connectivity index (χ0n) is 13.6. The molecule has 2 atom stereocenters. The van der Waals surface area contributed by atoms with E-state index >= 15 is 0 Å². The van der Waals surface area contributed by atoms with Crippen LogP contribution in [-0.2, 0) is 6.54 Å². The SMILES string of the molecule is CCC1CCCC(NC(=NC)NCc2ccc(C#N)cc2)C1. The molecule has 1 saturated carbocycles. The molecule has 1 aliphatic rings. The van der Waals surface area contributed by atoms with Gasteiger partial charge in [-0.2, -0.15) is 5.26 Å². The molecule has 2 unspecified atom stereocenters. The van der Waals surface area contributed by atoms with Crippen molar-refractivity contribution in [1.29, 1.82) is 5.26 Å². The highest BCUT2D eigenvalue weighted by atomic mass is 15.2. The van der Waals surface area contributed by atoms with Crippen LogP contribution in [0.2, 0.25) is 0 Å². The summed E-state index contributed by atoms with van der Waals surface area (Å²) in [6, 6.07) is 10.3. The third kappa shape index (κ3) is 4.77. The van der Waals surface area contributed by atoms with Gasteiger partial charge in [-0.3, -0.25) is 4.99 Å². The zero-order valence-corrected chi connectivity index (χ0v) is 13.6. The number of benzene rings is 1. The second-order valence-electron chi connectivity index (χ2n) is 6.02. The lowest BCUT2D eigenvalue weighted by molar-refractivity contribution is 0.298. The predicted octanol–water partition coefficient (Wildman–Crippen LogP) is 3.19. The number of nitrogens with one attached hydrogen (secondary N) is 2. The molecule has 0 spiro atoms. The Morgan fingerprint density at radius 3 is 2.73 bits per heavy atom. The van der Waals surface area contributed by atoms with Crippen molar-refractivity contribution in [3.63, 3.8) is 0 Å². The molecule has 0 aliphatic heterocycles. The van der Waals surface area contributed by atoms with E-state index in [-0.39, 0.29) is 0 Å². The molecule has 2 rings (SSSR count). The number of hydrogen-bond donors (Lipinski definition) is 2. The number of hydrogen-bond acceptors (Lipinski definition) is 2. The van der Waals surface area contributed by atoms with Crippen LogP contribution in [0.25, 0.3) is 0 Å². The van der Waals surface area contributed by atoms with E-state index in [0.29, 0.717) is 11.6 Å². The van der Waals surface area contributed by atoms with Gasteiger partial charge in [-0.1, -0.05) is 38.3 Å². The predicted molar refractivity (Wildman–Crippen MR) is 90.5 cm³/mol. The van der Waals surface area contributed by atoms with Crippen molar-refractivity contribution in [2.24, 2.45) is 10.9 Å². The summed E-state index contributed by atoms with van der Waals surface area (Å²) in [5, 5.41) is 15.7. The first kappa shape index (κ1) is 16.4. The average molecular weight is 298 g/mol. The minimum atomic E-state index is 0.533. The zero-order chi connectivity index (χ0) is 15.8. The lowest BCUT2D eigenvalue weighted by Gasteiger charge is -2.30. The van der Waals surface area contributed by atoms with Gasteiger partial charge in [0.05, 0.1) is 11.6 Å². The van der Waals surface area contributed by atoms with Crippen LogP contribution in [0.3, 0.4) is 0 Å². The Bertz CT molecular complexity index is 527. The first-order chi connectivity index (χ1) is 10.7. The Morgan fingerprint density at radius 1 is 1.32 bits per heavy atom. The molecular weight excluding hydrogens is 272 g/mol. The quantitative estimate of drug-likeness (QED) is 0.663. The summed E-state index contributed by atoms with van der Waals surface area (Å²) in [5.41, 5.74) is 1.84. The van der Waals surface area contributed by atoms with Crippen LogP contribution in [0.5, 0.6) is 0 Å². The number of guanidine groups is 1. The minimum Gasteiger partial charge on any atom is -0.354 e. The Labute approximate surface area is 133 Å². The average Bonchev–Trinajstić information content (AvgIpc) is 2.59. The third-order valence-corrected chi connectivity index (χ3v) is 4.47. The van der Waals surface area contributed by atoms with Gasteiger partial charge in [0.2, 0.25) is 0 Å². The van der Waals surface area contributed by atoms with E-state index < -0.39 is 0 Å². The van der Waals surface area contributed by atoms with E-state index in [1.807, 2.05) is 31.3 Å². The van der Waals surface area contributed by atoms with Crippen LogP contribution in [-0.4, -0.2) is 19.0 Å². The number of rotatable bonds is 4. The molecule has 0 bridgehead atoms. The van der Waals surface area contributed by atoms with E-state index in [1.54, 1.807) is 0 Å². The molecule has 2 N–H and O–H groups in total. The third-order valence-electron chi connectivity index (χ3n) is 4.47. The summed E-state index contributed by atoms with van der Waals surface area (Å²) in [6.45, 7) is 3.00. The normalized spacial score (nSPS) is 22.0. The molecule has 22 heavy (non-hydrogen) atoms. The van der Waals surface area contributed by atoms with E-state index in [4.69, 9.17) is 5.26 Å². The second kappa shape index (κ2) is 8.43. The number of nitriles is 1. The second-order valence-corrected chi connectivity index (χ2v) is 6.02. The first-order valence-corrected chi connectivity index (χ1v) is 8.21. The molecular formula is C18H26N4. The Morgan fingerprint density at radius 2 is 2.09 bits per heavy atom. The molecule has 1 fully saturated rings. The van der Waals surface area contributed by atoms with Gasteiger partial charge >= 0.3 is 0 Å². The molecule has 0 saturated heterocycles. The molecule has 1 aliphatic carbocycles. The fourth-order valence-electron chi connectivity index (χ4n) is 3.06. The highest BCUT2D eigenvalue weighted by Gasteiger charge is 2.21. The summed E-state index contributed by atoms with van der Waals surface area (Å²) in [6.07, 6.45) is 6.42. The lowest BCUT2D eigenvalue weighted by Crippen LogP contribution is -2.45. The van der Waals surface area contributed by atoms with Crippen molar-refractivity contribution in [1.82, 2.24) is 10.6 Å². The maximum atomic E-state index is 8.81. The van der Waals surface area contributed by atoms with Gasteiger partial charge in [0.1, 0.15) is 0 Å². The van der Waals surface area contributed by atoms with Crippen molar-refractivity contribution in [2.45, 2.75) is 51.6 Å². The number of aliphatic imine (C=N–C) groups is 1. The lowest BCUT2D eigenvalue weighted by atomic mass is 9.84. The minimum absolute atomic E-state index is 0.533. The molecule has 118 valence electrons. The molecule has 0 aromatic heterocycles. The molecule has 1 aromatic carbocycles. The van der Waals surface area contributed by atoms with Crippen molar-refractivity contribution in [2.75, 3.05) is 7.05 Å². The van der Waals surface area contributed by atoms with E-state index in [2.05, 4.69) is 28.6 Å². The van der Waals surface area contributed by atoms with Crippen molar-refractivity contribution in [3.8, 4) is 6.07 Å². The molecule has 0 heterocycles. The summed E-state index contributed by atoms with van der Waals surface area (Å²) in [5.74, 6) is 1.72. The molecule has 0 amide bonds. The van der Waals surface area contributed by atoms with Gasteiger partial charge in [-0.15, -0.1) is 0 Å². The molecule has 4 nitrogen and oxygen atoms in total. The van der Waals surface area contributed by atoms with Crippen LogP contribution >= 0.6 is 0 Å². The van der Waals surface area contributed by atoms with Crippen molar-refractivity contribution >= 4 is 5.96 Å². The topological polar surface area (TPSA) is 60.2 Å². The Hall–Kier alpha value is -2.02. The van der Waals surface area contributed by atoms with E-state index in [9.17, 15) is 0 Å². The van der Waals surface area contributed by atoms with E-state index in [1.165, 1.54) is 32.1 Å². The van der Waals surface area contributed by atoms with Crippen molar-refractivity contribution < 1.29 is 0 Å². The first-order valence-electron chi connectivity index (χ1n) is 8.21. The Balaban J connectivity index is 1.83. The van der Waals surface area contributed by atoms with Crippen LogP contribution in [0.1, 0.15) is 50.2 Å². The van der Waals surface area contributed by atoms with Crippen LogP contribution in [0.15, 0.2) is 29.3 Å². The number of nitrogens with zero attached hydrogens (tertiary/aromatic N) is 2. The highest BCUT2D eigenvalue weighted by molar-refractivity contribution is 5.79. The fourth-order valence-corrected chi connectivity index (χ4v) is 3.06. The van der Waals surface area contributed by atoms with Gasteiger partial charge in [-0.25, -0.2) is 0 Å². The fraction of sp³-hybridized carbons (Fsp3) is 0.556. The van der Waals surface area contributed by atoms with Gasteiger partial charge in [-0.05, 0) is 36.5 Å². The van der Waals surface area contributed by atoms with Gasteiger partial charge in [0, 0.05) is 19.6 Å². The molecule has 4 heteroatoms. The van der Waals surface area contributed by atoms with Crippen LogP contribution in [0, 0.1) is 17.2 Å². The van der Waals surface area contributed by atoms with Gasteiger partial charge in [0.25, 0.3) is 0 Å². The summed E-state index contributed by atoms with van der Waals surface area (Å²) < 4.78 is 0. The summed E-state index contributed by atoms with van der Waals surface area (Å²) in [7, 11) is 1.81. The Kier molecular flexibility index (Phi) is 6.27. The van der Waals surface area contributed by atoms with Gasteiger partial charge < -0.3 is 10.6 Å². The molecule has 0 radical (unpaired) electrons. The maximum absolute atomic E-state index is 8.81. The smallest absolute Gasteiger partial charge is 0.191 e.